The number of unbranched alkanes of at least 4 members (excludes halogenated alkanes) is 1. The monoisotopic (exact) mass is 628 g/mol. The van der Waals surface area contributed by atoms with Crippen molar-refractivity contribution in [1.29, 1.82) is 0 Å². The number of hydrogen-bond donors (Lipinski definition) is 4. The summed E-state index contributed by atoms with van der Waals surface area (Å²) < 4.78 is 0. The fourth-order valence-corrected chi connectivity index (χ4v) is 8.22. The molecule has 0 radical (unpaired) electrons. The van der Waals surface area contributed by atoms with Crippen molar-refractivity contribution in [3.8, 4) is 0 Å². The van der Waals surface area contributed by atoms with Gasteiger partial charge in [-0.05, 0) is 75.9 Å². The van der Waals surface area contributed by atoms with Crippen LogP contribution in [0.1, 0.15) is 68.6 Å². The quantitative estimate of drug-likeness (QED) is 0.124. The van der Waals surface area contributed by atoms with Crippen LogP contribution in [0.25, 0.3) is 0 Å². The van der Waals surface area contributed by atoms with Crippen LogP contribution in [0.3, 0.4) is 0 Å². The minimum absolute atomic E-state index is 0.0683. The Morgan fingerprint density at radius 3 is 2.04 bits per heavy atom. The molecule has 0 spiro atoms. The molecule has 5 N–H and O–H groups in total. The molecule has 0 saturated carbocycles. The van der Waals surface area contributed by atoms with Gasteiger partial charge in [-0.1, -0.05) is 79.2 Å². The van der Waals surface area contributed by atoms with Crippen molar-refractivity contribution in [3.05, 3.63) is 112 Å². The van der Waals surface area contributed by atoms with E-state index in [4.69, 9.17) is 5.73 Å². The number of nitro benzene ring substituents is 1. The van der Waals surface area contributed by atoms with E-state index in [-0.39, 0.29) is 17.5 Å². The average Bonchev–Trinajstić information content (AvgIpc) is 3.06. The predicted octanol–water partition coefficient (Wildman–Crippen LogP) is 5.37. The van der Waals surface area contributed by atoms with Crippen LogP contribution in [0, 0.1) is 20.9 Å². The summed E-state index contributed by atoms with van der Waals surface area (Å²) in [4.78, 5) is 39.7. The second-order valence-electron chi connectivity index (χ2n) is 13.2. The largest absolute Gasteiger partial charge is 0.481 e. The first-order valence-corrected chi connectivity index (χ1v) is 16.0. The van der Waals surface area contributed by atoms with Crippen molar-refractivity contribution in [2.45, 2.75) is 69.5 Å². The van der Waals surface area contributed by atoms with E-state index in [1.807, 2.05) is 12.1 Å². The van der Waals surface area contributed by atoms with Crippen molar-refractivity contribution >= 4 is 17.6 Å². The van der Waals surface area contributed by atoms with Gasteiger partial charge < -0.3 is 20.8 Å². The summed E-state index contributed by atoms with van der Waals surface area (Å²) in [5, 5.41) is 36.1. The molecule has 5 rings (SSSR count). The highest BCUT2D eigenvalue weighted by Gasteiger charge is 2.65. The summed E-state index contributed by atoms with van der Waals surface area (Å²) in [6.45, 7) is 5.74. The molecule has 3 aromatic carbocycles. The van der Waals surface area contributed by atoms with Crippen molar-refractivity contribution in [2.75, 3.05) is 19.6 Å². The highest BCUT2D eigenvalue weighted by molar-refractivity contribution is 5.84. The Morgan fingerprint density at radius 1 is 0.935 bits per heavy atom. The zero-order valence-electron chi connectivity index (χ0n) is 26.5. The Labute approximate surface area is 269 Å². The minimum Gasteiger partial charge on any atom is -0.481 e. The molecule has 0 amide bonds. The third-order valence-electron chi connectivity index (χ3n) is 10.9. The molecule has 2 fully saturated rings. The lowest BCUT2D eigenvalue weighted by Gasteiger charge is -2.56. The molecule has 4 unspecified atom stereocenters. The summed E-state index contributed by atoms with van der Waals surface area (Å²) in [5.41, 5.74) is 5.69. The number of carboxylic acid groups (broad SMARTS) is 2. The minimum atomic E-state index is -1.74. The number of benzene rings is 3. The van der Waals surface area contributed by atoms with Gasteiger partial charge in [0.2, 0.25) is 0 Å². The second-order valence-corrected chi connectivity index (χ2v) is 13.2. The molecule has 0 bridgehead atoms. The first kappa shape index (κ1) is 33.2. The van der Waals surface area contributed by atoms with Crippen LogP contribution in [-0.4, -0.2) is 63.8 Å². The van der Waals surface area contributed by atoms with Crippen LogP contribution < -0.4 is 11.1 Å². The van der Waals surface area contributed by atoms with Gasteiger partial charge in [-0.3, -0.25) is 25.0 Å². The molecule has 2 saturated heterocycles. The van der Waals surface area contributed by atoms with Crippen LogP contribution in [0.15, 0.2) is 84.9 Å². The number of carboxylic acids is 2. The van der Waals surface area contributed by atoms with Gasteiger partial charge in [0.25, 0.3) is 5.69 Å². The zero-order chi connectivity index (χ0) is 33.1. The van der Waals surface area contributed by atoms with Crippen LogP contribution in [0.5, 0.6) is 0 Å². The summed E-state index contributed by atoms with van der Waals surface area (Å²) in [7, 11) is 0. The summed E-state index contributed by atoms with van der Waals surface area (Å²) in [6.07, 6.45) is 2.30. The fourth-order valence-electron chi connectivity index (χ4n) is 8.22. The fraction of sp³-hybridized carbons (Fsp3) is 0.444. The van der Waals surface area contributed by atoms with Gasteiger partial charge in [0.15, 0.2) is 0 Å². The molecule has 2 heterocycles. The zero-order valence-corrected chi connectivity index (χ0v) is 26.5. The maximum absolute atomic E-state index is 13.3. The number of aliphatic carboxylic acids is 2. The van der Waals surface area contributed by atoms with E-state index in [0.29, 0.717) is 12.0 Å². The number of nitro groups is 1. The van der Waals surface area contributed by atoms with E-state index in [0.717, 1.165) is 38.9 Å². The van der Waals surface area contributed by atoms with Crippen molar-refractivity contribution in [1.82, 2.24) is 10.2 Å². The number of likely N-dealkylation sites (tertiary alicyclic amines) is 1. The smallest absolute Gasteiger partial charge is 0.312 e. The SMILES string of the molecule is CC1NC(N)C(C)(C(=O)O)[C@H](c2cccc([N+](=O)[O-])c2)C1(CCCCN1CCC(c2ccccc2)(c2ccccc2)CC1)C(=O)O. The Hall–Kier alpha value is -4.12. The molecule has 10 heteroatoms. The van der Waals surface area contributed by atoms with Crippen LogP contribution in [0.4, 0.5) is 5.69 Å². The Bertz CT molecular complexity index is 1500. The molecule has 0 aromatic heterocycles. The predicted molar refractivity (Wildman–Crippen MR) is 175 cm³/mol. The van der Waals surface area contributed by atoms with Crippen LogP contribution >= 0.6 is 0 Å². The first-order valence-electron chi connectivity index (χ1n) is 16.0. The van der Waals surface area contributed by atoms with Crippen LogP contribution in [-0.2, 0) is 15.0 Å². The van der Waals surface area contributed by atoms with E-state index in [1.165, 1.54) is 36.2 Å². The third-order valence-corrected chi connectivity index (χ3v) is 10.9. The second kappa shape index (κ2) is 13.3. The number of nitrogens with two attached hydrogens (primary N) is 1. The lowest BCUT2D eigenvalue weighted by atomic mass is 9.52. The number of nitrogens with one attached hydrogen (secondary N) is 1. The molecule has 46 heavy (non-hydrogen) atoms. The number of piperidine rings is 2. The standard InChI is InChI=1S/C36H44N4O6/c1-25-36(33(43)44,30(34(2,32(41)42)31(37)38-25)26-12-11-17-29(24-26)40(45)46)18-9-10-21-39-22-19-35(20-23-39,27-13-5-3-6-14-27)28-15-7-4-8-16-28/h3-8,11-17,24-25,30-31,38H,9-10,18-23,37H2,1-2H3,(H,41,42)(H,43,44)/t25?,30-,31?,34?,36?/m0/s1. The first-order chi connectivity index (χ1) is 22.0. The number of carbonyl (C=O) groups is 2. The maximum atomic E-state index is 13.3. The topological polar surface area (TPSA) is 159 Å². The Kier molecular flexibility index (Phi) is 9.62. The molecule has 2 aliphatic rings. The lowest BCUT2D eigenvalue weighted by molar-refractivity contribution is -0.385. The van der Waals surface area contributed by atoms with E-state index in [9.17, 15) is 29.9 Å². The maximum Gasteiger partial charge on any atom is 0.312 e. The Morgan fingerprint density at radius 2 is 1.52 bits per heavy atom. The van der Waals surface area contributed by atoms with E-state index < -0.39 is 45.8 Å². The summed E-state index contributed by atoms with van der Waals surface area (Å²) in [6, 6.07) is 26.3. The van der Waals surface area contributed by atoms with Gasteiger partial charge in [-0.25, -0.2) is 0 Å². The number of nitrogens with zero attached hydrogens (tertiary/aromatic N) is 2. The van der Waals surface area contributed by atoms with Gasteiger partial charge >= 0.3 is 11.9 Å². The molecule has 5 atom stereocenters. The van der Waals surface area contributed by atoms with Gasteiger partial charge in [0, 0.05) is 29.5 Å². The van der Waals surface area contributed by atoms with Crippen LogP contribution in [0.2, 0.25) is 0 Å². The molecule has 3 aromatic rings. The summed E-state index contributed by atoms with van der Waals surface area (Å²) >= 11 is 0. The van der Waals surface area contributed by atoms with Crippen molar-refractivity contribution in [3.63, 3.8) is 0 Å². The van der Waals surface area contributed by atoms with Crippen molar-refractivity contribution in [2.24, 2.45) is 16.6 Å². The molecule has 244 valence electrons. The van der Waals surface area contributed by atoms with E-state index in [1.54, 1.807) is 13.0 Å². The normalized spacial score (nSPS) is 27.9. The van der Waals surface area contributed by atoms with Gasteiger partial charge in [0.1, 0.15) is 5.41 Å². The Balaban J connectivity index is 1.35. The molecular weight excluding hydrogens is 584 g/mol. The molecule has 10 nitrogen and oxygen atoms in total. The van der Waals surface area contributed by atoms with Crippen molar-refractivity contribution < 1.29 is 24.7 Å². The highest BCUT2D eigenvalue weighted by Crippen LogP contribution is 2.57. The van der Waals surface area contributed by atoms with E-state index in [2.05, 4.69) is 58.7 Å². The molecular formula is C36H44N4O6. The number of hydrogen-bond acceptors (Lipinski definition) is 7. The molecule has 0 aliphatic carbocycles. The molecule has 2 aliphatic heterocycles. The third kappa shape index (κ3) is 5.81. The lowest BCUT2D eigenvalue weighted by Crippen LogP contribution is -2.72. The number of rotatable bonds is 11. The number of non-ortho nitro benzene ring substituents is 1. The van der Waals surface area contributed by atoms with Gasteiger partial charge in [0.05, 0.1) is 16.5 Å². The van der Waals surface area contributed by atoms with Gasteiger partial charge in [-0.15, -0.1) is 0 Å². The van der Waals surface area contributed by atoms with E-state index >= 15 is 0 Å². The average molecular weight is 629 g/mol. The highest BCUT2D eigenvalue weighted by atomic mass is 16.6. The summed E-state index contributed by atoms with van der Waals surface area (Å²) in [5.74, 6) is -3.51. The van der Waals surface area contributed by atoms with Gasteiger partial charge in [-0.2, -0.15) is 0 Å².